The second-order valence-electron chi connectivity index (χ2n) is 6.93. The van der Waals surface area contributed by atoms with Crippen LogP contribution in [0.2, 0.25) is 5.02 Å². The molecule has 1 amide bonds. The van der Waals surface area contributed by atoms with Crippen molar-refractivity contribution in [3.63, 3.8) is 0 Å². The summed E-state index contributed by atoms with van der Waals surface area (Å²) in [6, 6.07) is 21.0. The molecule has 6 nitrogen and oxygen atoms in total. The van der Waals surface area contributed by atoms with Crippen molar-refractivity contribution < 1.29 is 17.9 Å². The van der Waals surface area contributed by atoms with Crippen LogP contribution in [0.5, 0.6) is 5.75 Å². The van der Waals surface area contributed by atoms with Crippen molar-refractivity contribution in [2.75, 3.05) is 6.61 Å². The van der Waals surface area contributed by atoms with Crippen molar-refractivity contribution >= 4 is 27.5 Å². The molecule has 0 radical (unpaired) electrons. The van der Waals surface area contributed by atoms with Crippen molar-refractivity contribution in [3.05, 3.63) is 94.5 Å². The van der Waals surface area contributed by atoms with E-state index in [0.29, 0.717) is 22.9 Å². The van der Waals surface area contributed by atoms with Gasteiger partial charge in [0.15, 0.2) is 6.61 Å². The first-order chi connectivity index (χ1) is 14.8. The lowest BCUT2D eigenvalue weighted by atomic mass is 10.2. The number of carbonyl (C=O) groups is 1. The van der Waals surface area contributed by atoms with E-state index in [-0.39, 0.29) is 24.0 Å². The van der Waals surface area contributed by atoms with Crippen LogP contribution >= 0.6 is 11.6 Å². The first-order valence-electron chi connectivity index (χ1n) is 9.62. The maximum atomic E-state index is 12.6. The normalized spacial score (nSPS) is 11.2. The molecule has 3 aromatic rings. The first-order valence-corrected chi connectivity index (χ1v) is 11.5. The molecule has 0 unspecified atom stereocenters. The van der Waals surface area contributed by atoms with E-state index in [0.717, 1.165) is 11.1 Å². The summed E-state index contributed by atoms with van der Waals surface area (Å²) in [7, 11) is -3.67. The summed E-state index contributed by atoms with van der Waals surface area (Å²) in [5, 5.41) is 3.40. The van der Waals surface area contributed by atoms with Crippen molar-refractivity contribution in [2.45, 2.75) is 24.9 Å². The van der Waals surface area contributed by atoms with E-state index in [9.17, 15) is 13.2 Å². The third-order valence-corrected chi connectivity index (χ3v) is 6.18. The summed E-state index contributed by atoms with van der Waals surface area (Å²) in [5.41, 5.74) is 2.41. The second-order valence-corrected chi connectivity index (χ2v) is 9.13. The van der Waals surface area contributed by atoms with Crippen LogP contribution in [0.1, 0.15) is 16.7 Å². The number of sulfonamides is 1. The van der Waals surface area contributed by atoms with Crippen LogP contribution in [-0.4, -0.2) is 20.9 Å². The molecule has 0 aliphatic rings. The van der Waals surface area contributed by atoms with Gasteiger partial charge in [-0.15, -0.1) is 0 Å². The van der Waals surface area contributed by atoms with Crippen LogP contribution in [0, 0.1) is 6.92 Å². The van der Waals surface area contributed by atoms with Crippen LogP contribution in [0.25, 0.3) is 0 Å². The number of aryl methyl sites for hydroxylation is 1. The fourth-order valence-electron chi connectivity index (χ4n) is 2.81. The third kappa shape index (κ3) is 6.82. The van der Waals surface area contributed by atoms with Crippen LogP contribution < -0.4 is 14.8 Å². The highest BCUT2D eigenvalue weighted by Crippen LogP contribution is 2.22. The highest BCUT2D eigenvalue weighted by Gasteiger charge is 2.15. The summed E-state index contributed by atoms with van der Waals surface area (Å²) < 4.78 is 33.2. The minimum atomic E-state index is -3.67. The minimum absolute atomic E-state index is 0.139. The van der Waals surface area contributed by atoms with E-state index in [2.05, 4.69) is 10.0 Å². The fourth-order valence-corrected chi connectivity index (χ4v) is 4.03. The van der Waals surface area contributed by atoms with Crippen molar-refractivity contribution in [2.24, 2.45) is 0 Å². The monoisotopic (exact) mass is 458 g/mol. The topological polar surface area (TPSA) is 84.5 Å². The second kappa shape index (κ2) is 10.4. The Labute approximate surface area is 187 Å². The van der Waals surface area contributed by atoms with Gasteiger partial charge in [-0.2, -0.15) is 0 Å². The number of hydrogen-bond donors (Lipinski definition) is 2. The molecule has 2 N–H and O–H groups in total. The minimum Gasteiger partial charge on any atom is -0.484 e. The zero-order valence-corrected chi connectivity index (χ0v) is 18.5. The van der Waals surface area contributed by atoms with Crippen LogP contribution in [0.4, 0.5) is 0 Å². The van der Waals surface area contributed by atoms with E-state index < -0.39 is 10.0 Å². The van der Waals surface area contributed by atoms with Crippen molar-refractivity contribution in [1.82, 2.24) is 10.0 Å². The quantitative estimate of drug-likeness (QED) is 0.510. The smallest absolute Gasteiger partial charge is 0.258 e. The molecule has 0 fully saturated rings. The lowest BCUT2D eigenvalue weighted by molar-refractivity contribution is -0.123. The molecule has 8 heteroatoms. The van der Waals surface area contributed by atoms with Gasteiger partial charge in [0.2, 0.25) is 10.0 Å². The predicted molar refractivity (Wildman–Crippen MR) is 120 cm³/mol. The Morgan fingerprint density at radius 1 is 0.935 bits per heavy atom. The summed E-state index contributed by atoms with van der Waals surface area (Å²) in [6.07, 6.45) is 0. The van der Waals surface area contributed by atoms with E-state index in [1.807, 2.05) is 42.5 Å². The van der Waals surface area contributed by atoms with E-state index >= 15 is 0 Å². The zero-order valence-electron chi connectivity index (χ0n) is 17.0. The van der Waals surface area contributed by atoms with Crippen LogP contribution in [0.3, 0.4) is 0 Å². The molecule has 0 aliphatic carbocycles. The average molecular weight is 459 g/mol. The summed E-state index contributed by atoms with van der Waals surface area (Å²) in [6.45, 7) is 2.13. The molecule has 0 spiro atoms. The van der Waals surface area contributed by atoms with Gasteiger partial charge in [-0.3, -0.25) is 4.79 Å². The Balaban J connectivity index is 1.53. The number of hydrogen-bond acceptors (Lipinski definition) is 4. The maximum Gasteiger partial charge on any atom is 0.258 e. The molecule has 0 aromatic heterocycles. The van der Waals surface area contributed by atoms with Gasteiger partial charge < -0.3 is 10.1 Å². The molecular formula is C23H23ClN2O4S. The molecule has 0 saturated heterocycles. The summed E-state index contributed by atoms with van der Waals surface area (Å²) in [5.74, 6) is 0.166. The molecule has 0 saturated carbocycles. The van der Waals surface area contributed by atoms with Crippen LogP contribution in [0.15, 0.2) is 77.7 Å². The average Bonchev–Trinajstić information content (AvgIpc) is 2.77. The number of halogens is 1. The number of ether oxygens (including phenoxy) is 1. The van der Waals surface area contributed by atoms with Gasteiger partial charge in [-0.25, -0.2) is 13.1 Å². The third-order valence-electron chi connectivity index (χ3n) is 4.53. The Kier molecular flexibility index (Phi) is 7.68. The lowest BCUT2D eigenvalue weighted by Crippen LogP contribution is -2.28. The van der Waals surface area contributed by atoms with E-state index in [4.69, 9.17) is 16.3 Å². The Bertz CT molecular complexity index is 1130. The van der Waals surface area contributed by atoms with Crippen molar-refractivity contribution in [3.8, 4) is 5.75 Å². The highest BCUT2D eigenvalue weighted by molar-refractivity contribution is 7.89. The Morgan fingerprint density at radius 2 is 1.61 bits per heavy atom. The molecule has 0 atom stereocenters. The molecule has 0 heterocycles. The van der Waals surface area contributed by atoms with Gasteiger partial charge in [0.05, 0.1) is 4.90 Å². The van der Waals surface area contributed by atoms with Gasteiger partial charge in [0.1, 0.15) is 5.75 Å². The SMILES string of the molecule is Cc1cc(S(=O)(=O)NCc2ccccc2)ccc1OCC(=O)NCc1ccc(Cl)cc1. The van der Waals surface area contributed by atoms with Gasteiger partial charge in [-0.1, -0.05) is 54.1 Å². The molecule has 3 aromatic carbocycles. The van der Waals surface area contributed by atoms with Gasteiger partial charge >= 0.3 is 0 Å². The first kappa shape index (κ1) is 22.8. The summed E-state index contributed by atoms with van der Waals surface area (Å²) >= 11 is 5.84. The molecule has 0 aliphatic heterocycles. The number of nitrogens with one attached hydrogen (secondary N) is 2. The molecule has 31 heavy (non-hydrogen) atoms. The van der Waals surface area contributed by atoms with Crippen LogP contribution in [-0.2, 0) is 27.9 Å². The van der Waals surface area contributed by atoms with Gasteiger partial charge in [0, 0.05) is 18.1 Å². The lowest BCUT2D eigenvalue weighted by Gasteiger charge is -2.12. The number of rotatable bonds is 9. The zero-order chi connectivity index (χ0) is 22.3. The van der Waals surface area contributed by atoms with E-state index in [1.165, 1.54) is 12.1 Å². The van der Waals surface area contributed by atoms with Gasteiger partial charge in [0.25, 0.3) is 5.91 Å². The number of benzene rings is 3. The largest absolute Gasteiger partial charge is 0.484 e. The maximum absolute atomic E-state index is 12.6. The number of amides is 1. The van der Waals surface area contributed by atoms with Gasteiger partial charge in [-0.05, 0) is 53.9 Å². The van der Waals surface area contributed by atoms with Crippen molar-refractivity contribution in [1.29, 1.82) is 0 Å². The standard InChI is InChI=1S/C23H23ClN2O4S/c1-17-13-21(31(28,29)26-15-18-5-3-2-4-6-18)11-12-22(17)30-16-23(27)25-14-19-7-9-20(24)10-8-19/h2-13,26H,14-16H2,1H3,(H,25,27). The Hall–Kier alpha value is -2.87. The molecular weight excluding hydrogens is 436 g/mol. The predicted octanol–water partition coefficient (Wildman–Crippen LogP) is 3.82. The molecule has 0 bridgehead atoms. The van der Waals surface area contributed by atoms with E-state index in [1.54, 1.807) is 25.1 Å². The fraction of sp³-hybridized carbons (Fsp3) is 0.174. The summed E-state index contributed by atoms with van der Waals surface area (Å²) in [4.78, 5) is 12.2. The highest BCUT2D eigenvalue weighted by atomic mass is 35.5. The molecule has 3 rings (SSSR count). The molecule has 162 valence electrons. The Morgan fingerprint density at radius 3 is 2.29 bits per heavy atom. The number of carbonyl (C=O) groups excluding carboxylic acids is 1.